The Balaban J connectivity index is 1.53. The number of nitriles is 1. The standard InChI is InChI=1S/C22H19N5O2S/c1-26(14-19-24-17-9-12-30-21(17)22(29)25-19)20(28)8-7-15-13-27(11-4-10-23)18-6-3-2-5-16(15)18/h2-3,5-9,12-13H,4,11,14H2,1H3,(H,24,25,29)/b8-7+. The van der Waals surface area contributed by atoms with Crippen molar-refractivity contribution in [2.24, 2.45) is 0 Å². The minimum atomic E-state index is -0.197. The number of benzene rings is 1. The minimum absolute atomic E-state index is 0.188. The van der Waals surface area contributed by atoms with Crippen molar-refractivity contribution >= 4 is 44.4 Å². The summed E-state index contributed by atoms with van der Waals surface area (Å²) in [6.45, 7) is 0.803. The summed E-state index contributed by atoms with van der Waals surface area (Å²) in [5, 5.41) is 11.7. The lowest BCUT2D eigenvalue weighted by atomic mass is 10.1. The van der Waals surface area contributed by atoms with Crippen LogP contribution < -0.4 is 5.56 Å². The second kappa shape index (κ2) is 8.35. The zero-order chi connectivity index (χ0) is 21.1. The van der Waals surface area contributed by atoms with E-state index in [1.165, 1.54) is 22.3 Å². The molecule has 150 valence electrons. The molecule has 0 saturated carbocycles. The molecular weight excluding hydrogens is 398 g/mol. The second-order valence-corrected chi connectivity index (χ2v) is 7.79. The third-order valence-electron chi connectivity index (χ3n) is 4.82. The van der Waals surface area contributed by atoms with Crippen molar-refractivity contribution in [3.8, 4) is 6.07 Å². The maximum Gasteiger partial charge on any atom is 0.268 e. The summed E-state index contributed by atoms with van der Waals surface area (Å²) in [6, 6.07) is 11.9. The number of carbonyl (C=O) groups is 1. The SMILES string of the molecule is CN(Cc1nc2ccsc2c(=O)[nH]1)C(=O)/C=C/c1cn(CCC#N)c2ccccc12. The number of thiophene rings is 1. The zero-order valence-electron chi connectivity index (χ0n) is 16.3. The Kier molecular flexibility index (Phi) is 5.46. The molecule has 7 nitrogen and oxygen atoms in total. The Morgan fingerprint density at radius 3 is 3.03 bits per heavy atom. The van der Waals surface area contributed by atoms with E-state index in [2.05, 4.69) is 16.0 Å². The van der Waals surface area contributed by atoms with Gasteiger partial charge in [0.15, 0.2) is 0 Å². The quantitative estimate of drug-likeness (QED) is 0.486. The fourth-order valence-electron chi connectivity index (χ4n) is 3.35. The first-order chi connectivity index (χ1) is 14.6. The summed E-state index contributed by atoms with van der Waals surface area (Å²) in [5.41, 5.74) is 2.39. The van der Waals surface area contributed by atoms with Crippen LogP contribution in [-0.2, 0) is 17.9 Å². The van der Waals surface area contributed by atoms with Crippen LogP contribution in [0.1, 0.15) is 17.8 Å². The molecule has 0 atom stereocenters. The van der Waals surface area contributed by atoms with E-state index in [4.69, 9.17) is 5.26 Å². The Hall–Kier alpha value is -3.70. The molecule has 30 heavy (non-hydrogen) atoms. The molecule has 0 saturated heterocycles. The Bertz CT molecular complexity index is 1360. The average Bonchev–Trinajstić information content (AvgIpc) is 3.35. The van der Waals surface area contributed by atoms with Crippen molar-refractivity contribution in [2.45, 2.75) is 19.5 Å². The van der Waals surface area contributed by atoms with Crippen LogP contribution in [0.2, 0.25) is 0 Å². The Morgan fingerprint density at radius 1 is 1.37 bits per heavy atom. The predicted molar refractivity (Wildman–Crippen MR) is 118 cm³/mol. The van der Waals surface area contributed by atoms with Crippen LogP contribution in [0.5, 0.6) is 0 Å². The van der Waals surface area contributed by atoms with Crippen LogP contribution in [0.15, 0.2) is 52.8 Å². The number of carbonyl (C=O) groups excluding carboxylic acids is 1. The maximum absolute atomic E-state index is 12.6. The number of aromatic nitrogens is 3. The molecule has 4 aromatic rings. The molecule has 0 spiro atoms. The van der Waals surface area contributed by atoms with E-state index in [0.29, 0.717) is 29.0 Å². The fraction of sp³-hybridized carbons (Fsp3) is 0.182. The number of amides is 1. The molecule has 1 amide bonds. The van der Waals surface area contributed by atoms with Gasteiger partial charge in [-0.05, 0) is 23.6 Å². The third-order valence-corrected chi connectivity index (χ3v) is 5.72. The lowest BCUT2D eigenvalue weighted by Crippen LogP contribution is -2.26. The van der Waals surface area contributed by atoms with Crippen molar-refractivity contribution in [2.75, 3.05) is 7.05 Å². The molecule has 0 bridgehead atoms. The van der Waals surface area contributed by atoms with E-state index in [0.717, 1.165) is 16.5 Å². The van der Waals surface area contributed by atoms with Crippen LogP contribution in [-0.4, -0.2) is 32.4 Å². The van der Waals surface area contributed by atoms with Gasteiger partial charge < -0.3 is 14.5 Å². The number of hydrogen-bond acceptors (Lipinski definition) is 5. The molecule has 0 aliphatic heterocycles. The number of aryl methyl sites for hydroxylation is 1. The van der Waals surface area contributed by atoms with Crippen LogP contribution in [0.4, 0.5) is 0 Å². The Morgan fingerprint density at radius 2 is 2.20 bits per heavy atom. The molecule has 3 aromatic heterocycles. The minimum Gasteiger partial charge on any atom is -0.346 e. The topological polar surface area (TPSA) is 94.8 Å². The van der Waals surface area contributed by atoms with Gasteiger partial charge in [-0.25, -0.2) is 4.98 Å². The highest BCUT2D eigenvalue weighted by Gasteiger charge is 2.11. The van der Waals surface area contributed by atoms with Crippen LogP contribution in [0.25, 0.3) is 27.2 Å². The highest BCUT2D eigenvalue weighted by atomic mass is 32.1. The molecule has 1 N–H and O–H groups in total. The number of H-pyrrole nitrogens is 1. The lowest BCUT2D eigenvalue weighted by Gasteiger charge is -2.14. The first-order valence-corrected chi connectivity index (χ1v) is 10.3. The summed E-state index contributed by atoms with van der Waals surface area (Å²) in [5.74, 6) is 0.250. The largest absolute Gasteiger partial charge is 0.346 e. The number of fused-ring (bicyclic) bond motifs is 2. The number of rotatable bonds is 6. The molecule has 0 aliphatic carbocycles. The maximum atomic E-state index is 12.6. The van der Waals surface area contributed by atoms with Crippen LogP contribution in [0.3, 0.4) is 0 Å². The summed E-state index contributed by atoms with van der Waals surface area (Å²) in [4.78, 5) is 33.4. The van der Waals surface area contributed by atoms with Gasteiger partial charge in [0.1, 0.15) is 10.5 Å². The molecule has 8 heteroatoms. The molecule has 0 fully saturated rings. The summed E-state index contributed by atoms with van der Waals surface area (Å²) < 4.78 is 2.61. The van der Waals surface area contributed by atoms with Gasteiger partial charge in [-0.1, -0.05) is 18.2 Å². The van der Waals surface area contributed by atoms with Gasteiger partial charge in [0.25, 0.3) is 5.56 Å². The van der Waals surface area contributed by atoms with Gasteiger partial charge in [0.2, 0.25) is 5.91 Å². The van der Waals surface area contributed by atoms with Crippen LogP contribution >= 0.6 is 11.3 Å². The van der Waals surface area contributed by atoms with E-state index >= 15 is 0 Å². The van der Waals surface area contributed by atoms with Gasteiger partial charge in [0, 0.05) is 42.3 Å². The Labute approximate surface area is 176 Å². The van der Waals surface area contributed by atoms with Gasteiger partial charge in [-0.2, -0.15) is 5.26 Å². The van der Waals surface area contributed by atoms with Crippen molar-refractivity contribution in [1.82, 2.24) is 19.4 Å². The van der Waals surface area contributed by atoms with Gasteiger partial charge >= 0.3 is 0 Å². The molecule has 1 aromatic carbocycles. The predicted octanol–water partition coefficient (Wildman–Crippen LogP) is 3.52. The highest BCUT2D eigenvalue weighted by Crippen LogP contribution is 2.23. The number of nitrogens with zero attached hydrogens (tertiary/aromatic N) is 4. The highest BCUT2D eigenvalue weighted by molar-refractivity contribution is 7.17. The molecule has 4 rings (SSSR count). The number of para-hydroxylation sites is 1. The first-order valence-electron chi connectivity index (χ1n) is 9.41. The van der Waals surface area contributed by atoms with E-state index in [9.17, 15) is 9.59 Å². The molecule has 3 heterocycles. The van der Waals surface area contributed by atoms with Crippen molar-refractivity contribution in [3.05, 3.63) is 69.7 Å². The second-order valence-electron chi connectivity index (χ2n) is 6.88. The summed E-state index contributed by atoms with van der Waals surface area (Å²) >= 11 is 1.34. The number of aromatic amines is 1. The number of likely N-dealkylation sites (N-methyl/N-ethyl adjacent to an activating group) is 1. The van der Waals surface area contributed by atoms with Crippen molar-refractivity contribution in [1.29, 1.82) is 5.26 Å². The zero-order valence-corrected chi connectivity index (χ0v) is 17.1. The van der Waals surface area contributed by atoms with E-state index in [1.54, 1.807) is 19.2 Å². The molecular formula is C22H19N5O2S. The van der Waals surface area contributed by atoms with Gasteiger partial charge in [-0.3, -0.25) is 9.59 Å². The monoisotopic (exact) mass is 417 g/mol. The van der Waals surface area contributed by atoms with E-state index in [1.807, 2.05) is 40.4 Å². The summed E-state index contributed by atoms with van der Waals surface area (Å²) in [6.07, 6.45) is 5.67. The molecule has 0 unspecified atom stereocenters. The average molecular weight is 417 g/mol. The van der Waals surface area contributed by atoms with Crippen molar-refractivity contribution < 1.29 is 4.79 Å². The van der Waals surface area contributed by atoms with Crippen molar-refractivity contribution in [3.63, 3.8) is 0 Å². The van der Waals surface area contributed by atoms with Gasteiger partial charge in [-0.15, -0.1) is 11.3 Å². The molecule has 0 radical (unpaired) electrons. The smallest absolute Gasteiger partial charge is 0.268 e. The lowest BCUT2D eigenvalue weighted by molar-refractivity contribution is -0.125. The number of hydrogen-bond donors (Lipinski definition) is 1. The first kappa shape index (κ1) is 19.6. The summed E-state index contributed by atoms with van der Waals surface area (Å²) in [7, 11) is 1.67. The fourth-order valence-corrected chi connectivity index (χ4v) is 4.08. The number of nitrogens with one attached hydrogen (secondary N) is 1. The molecule has 0 aliphatic rings. The van der Waals surface area contributed by atoms with E-state index in [-0.39, 0.29) is 18.0 Å². The van der Waals surface area contributed by atoms with Gasteiger partial charge in [0.05, 0.1) is 24.6 Å². The normalized spacial score (nSPS) is 11.3. The van der Waals surface area contributed by atoms with Crippen LogP contribution in [0, 0.1) is 11.3 Å². The third kappa shape index (κ3) is 3.88. The van der Waals surface area contributed by atoms with E-state index < -0.39 is 0 Å².